The van der Waals surface area contributed by atoms with Crippen LogP contribution in [0.4, 0.5) is 13.2 Å². The Kier molecular flexibility index (Phi) is 17.8. The van der Waals surface area contributed by atoms with Gasteiger partial charge < -0.3 is 25.9 Å². The van der Waals surface area contributed by atoms with E-state index in [9.17, 15) is 13.2 Å². The van der Waals surface area contributed by atoms with Gasteiger partial charge in [-0.1, -0.05) is 46.7 Å². The van der Waals surface area contributed by atoms with Crippen molar-refractivity contribution in [1.82, 2.24) is 0 Å². The first-order valence-electron chi connectivity index (χ1n) is 10.1. The fourth-order valence-corrected chi connectivity index (χ4v) is 2.52. The van der Waals surface area contributed by atoms with Gasteiger partial charge in [-0.05, 0) is 43.5 Å². The number of primary amides is 1. The summed E-state index contributed by atoms with van der Waals surface area (Å²) in [4.78, 5) is 19.1. The molecule has 35 heavy (non-hydrogen) atoms. The number of amides is 1. The van der Waals surface area contributed by atoms with Crippen LogP contribution in [0.25, 0.3) is 0 Å². The molecule has 194 valence electrons. The molecule has 0 aliphatic rings. The van der Waals surface area contributed by atoms with Gasteiger partial charge in [0.1, 0.15) is 13.7 Å². The molecule has 0 bridgehead atoms. The van der Waals surface area contributed by atoms with Crippen molar-refractivity contribution in [3.63, 3.8) is 0 Å². The van der Waals surface area contributed by atoms with E-state index in [1.54, 1.807) is 0 Å². The highest BCUT2D eigenvalue weighted by Crippen LogP contribution is 2.17. The molecule has 2 aromatic carbocycles. The number of rotatable bonds is 7. The summed E-state index contributed by atoms with van der Waals surface area (Å²) in [7, 11) is 2.53. The van der Waals surface area contributed by atoms with Gasteiger partial charge in [-0.25, -0.2) is 0 Å². The molecule has 1 amide bonds. The van der Waals surface area contributed by atoms with Crippen molar-refractivity contribution in [2.45, 2.75) is 40.5 Å². The van der Waals surface area contributed by atoms with Crippen molar-refractivity contribution < 1.29 is 32.7 Å². The van der Waals surface area contributed by atoms with Crippen LogP contribution >= 0.6 is 0 Å². The fourth-order valence-electron chi connectivity index (χ4n) is 2.52. The van der Waals surface area contributed by atoms with E-state index in [4.69, 9.17) is 25.0 Å². The Bertz CT molecular complexity index is 956. The third kappa shape index (κ3) is 15.7. The van der Waals surface area contributed by atoms with Crippen LogP contribution in [0.5, 0.6) is 0 Å². The molecule has 0 spiro atoms. The molecule has 0 saturated carbocycles. The molecule has 0 heterocycles. The van der Waals surface area contributed by atoms with Gasteiger partial charge in [-0.15, -0.1) is 0 Å². The van der Waals surface area contributed by atoms with Crippen molar-refractivity contribution >= 4 is 24.0 Å². The number of benzene rings is 2. The van der Waals surface area contributed by atoms with Gasteiger partial charge in [0.15, 0.2) is 0 Å². The zero-order valence-electron chi connectivity index (χ0n) is 20.7. The Morgan fingerprint density at radius 3 is 2.17 bits per heavy atom. The number of nitrogens with zero attached hydrogens (tertiary/aromatic N) is 2. The van der Waals surface area contributed by atoms with Crippen LogP contribution in [0.1, 0.15) is 48.6 Å². The van der Waals surface area contributed by atoms with Crippen LogP contribution in [0.3, 0.4) is 0 Å². The number of alkyl halides is 3. The first kappa shape index (κ1) is 33.4. The van der Waals surface area contributed by atoms with Gasteiger partial charge in [-0.3, -0.25) is 4.79 Å². The van der Waals surface area contributed by atoms with E-state index >= 15 is 0 Å². The zero-order chi connectivity index (χ0) is 27.4. The highest BCUT2D eigenvalue weighted by Gasteiger charge is 2.15. The normalized spacial score (nSPS) is 10.8. The lowest BCUT2D eigenvalue weighted by atomic mass is 10.00. The van der Waals surface area contributed by atoms with Gasteiger partial charge in [-0.2, -0.15) is 13.2 Å². The largest absolute Gasteiger partial charge is 0.400 e. The second-order valence-electron chi connectivity index (χ2n) is 6.60. The summed E-state index contributed by atoms with van der Waals surface area (Å²) in [6.45, 7) is 6.36. The molecule has 0 atom stereocenters. The average molecular weight is 499 g/mol. The predicted octanol–water partition coefficient (Wildman–Crippen LogP) is 4.58. The predicted molar refractivity (Wildman–Crippen MR) is 132 cm³/mol. The second kappa shape index (κ2) is 18.7. The van der Waals surface area contributed by atoms with Gasteiger partial charge in [0.2, 0.25) is 6.41 Å². The molecule has 0 fully saturated rings. The maximum Gasteiger partial charge on any atom is 0.386 e. The van der Waals surface area contributed by atoms with E-state index in [2.05, 4.69) is 16.0 Å². The number of halogens is 3. The number of aryl methyl sites for hydroxylation is 1. The number of nitrogens with one attached hydrogen (secondary N) is 1. The monoisotopic (exact) mass is 498 g/mol. The van der Waals surface area contributed by atoms with E-state index in [1.807, 2.05) is 63.2 Å². The first-order chi connectivity index (χ1) is 16.5. The maximum absolute atomic E-state index is 10.4. The number of hydrogen-bond donors (Lipinski definition) is 3. The second-order valence-corrected chi connectivity index (χ2v) is 6.60. The van der Waals surface area contributed by atoms with Crippen molar-refractivity contribution in [2.75, 3.05) is 14.2 Å². The molecule has 4 N–H and O–H groups in total. The van der Waals surface area contributed by atoms with Crippen LogP contribution in [-0.4, -0.2) is 49.6 Å². The summed E-state index contributed by atoms with van der Waals surface area (Å²) in [6.07, 6.45) is -2.44. The van der Waals surface area contributed by atoms with Crippen molar-refractivity contribution in [2.24, 2.45) is 16.0 Å². The number of aliphatic hydroxyl groups excluding tert-OH is 1. The molecule has 2 rings (SSSR count). The van der Waals surface area contributed by atoms with E-state index in [-0.39, 0.29) is 13.3 Å². The third-order valence-corrected chi connectivity index (χ3v) is 3.91. The molecule has 11 heteroatoms. The lowest BCUT2D eigenvalue weighted by Gasteiger charge is -2.11. The van der Waals surface area contributed by atoms with Gasteiger partial charge >= 0.3 is 6.18 Å². The Morgan fingerprint density at radius 1 is 1.11 bits per heavy atom. The molecular weight excluding hydrogens is 465 g/mol. The number of carbonyl (C=O) groups is 1. The molecule has 8 nitrogen and oxygen atoms in total. The van der Waals surface area contributed by atoms with Gasteiger partial charge in [0.25, 0.3) is 0 Å². The number of carbonyl (C=O) groups excluding carboxylic acids is 1. The van der Waals surface area contributed by atoms with Crippen molar-refractivity contribution in [3.05, 3.63) is 70.3 Å². The van der Waals surface area contributed by atoms with E-state index in [0.29, 0.717) is 6.61 Å². The van der Waals surface area contributed by atoms with E-state index in [0.717, 1.165) is 46.4 Å². The SMILES string of the molecule is CC(F)(F)F.CO.CO/N=C(/C)c1cccc(C)c1CO/N=C(\C)c1cccc(C=N)c1.NC=O. The lowest BCUT2D eigenvalue weighted by molar-refractivity contribution is -0.110. The van der Waals surface area contributed by atoms with Gasteiger partial charge in [0.05, 0.1) is 11.4 Å². The molecule has 2 aromatic rings. The highest BCUT2D eigenvalue weighted by atomic mass is 19.4. The minimum absolute atomic E-state index is 0.188. The maximum atomic E-state index is 10.4. The number of nitrogens with two attached hydrogens (primary N) is 1. The third-order valence-electron chi connectivity index (χ3n) is 3.91. The van der Waals surface area contributed by atoms with Crippen LogP contribution < -0.4 is 5.73 Å². The molecule has 0 saturated heterocycles. The number of aliphatic hydroxyl groups is 1. The highest BCUT2D eigenvalue weighted by molar-refractivity contribution is 6.00. The topological polar surface area (TPSA) is 130 Å². The van der Waals surface area contributed by atoms with Crippen LogP contribution in [0.15, 0.2) is 52.8 Å². The van der Waals surface area contributed by atoms with Gasteiger partial charge in [0, 0.05) is 31.4 Å². The van der Waals surface area contributed by atoms with E-state index in [1.165, 1.54) is 13.3 Å². The van der Waals surface area contributed by atoms with Crippen molar-refractivity contribution in [1.29, 1.82) is 5.41 Å². The Morgan fingerprint density at radius 2 is 1.66 bits per heavy atom. The fraction of sp³-hybridized carbons (Fsp3) is 0.333. The standard InChI is InChI=1S/C20H23N3O2.C2H3F3.CH3NO.CH4O/c1-14-7-5-10-19(16(3)22-24-4)20(14)13-25-23-15(2)18-9-6-8-17(11-18)12-21;1-2(3,4)5;2-1-3;1-2/h5-12,21H,13H2,1-4H3;1H3;1H,(H2,2,3);2H,1H3/b21-12?,22-16-,23-15+;;;. The Labute approximate surface area is 203 Å². The summed E-state index contributed by atoms with van der Waals surface area (Å²) in [6, 6.07) is 13.6. The summed E-state index contributed by atoms with van der Waals surface area (Å²) in [5.74, 6) is 0. The average Bonchev–Trinajstić information content (AvgIpc) is 2.81. The van der Waals surface area contributed by atoms with Crippen LogP contribution in [0.2, 0.25) is 0 Å². The molecule has 0 aliphatic heterocycles. The number of oxime groups is 2. The summed E-state index contributed by atoms with van der Waals surface area (Å²) >= 11 is 0. The summed E-state index contributed by atoms with van der Waals surface area (Å²) in [5, 5.41) is 22.6. The molecule has 0 radical (unpaired) electrons. The lowest BCUT2D eigenvalue weighted by Crippen LogP contribution is -2.05. The minimum Gasteiger partial charge on any atom is -0.400 e. The zero-order valence-corrected chi connectivity index (χ0v) is 20.7. The summed E-state index contributed by atoms with van der Waals surface area (Å²) in [5.41, 5.74) is 10.6. The minimum atomic E-state index is -4.00. The van der Waals surface area contributed by atoms with E-state index < -0.39 is 6.18 Å². The molecule has 0 aromatic heterocycles. The Balaban J connectivity index is 0. The molecule has 0 unspecified atom stereocenters. The molecular formula is C24H33F3N4O4. The first-order valence-corrected chi connectivity index (χ1v) is 10.1. The van der Waals surface area contributed by atoms with Crippen LogP contribution in [0, 0.1) is 12.3 Å². The number of hydrogen-bond acceptors (Lipinski definition) is 7. The smallest absolute Gasteiger partial charge is 0.386 e. The van der Waals surface area contributed by atoms with Crippen molar-refractivity contribution in [3.8, 4) is 0 Å². The summed E-state index contributed by atoms with van der Waals surface area (Å²) < 4.78 is 31.1. The van der Waals surface area contributed by atoms with Crippen LogP contribution in [-0.2, 0) is 21.1 Å². The molecule has 0 aliphatic carbocycles. The quantitative estimate of drug-likeness (QED) is 0.293. The Hall–Kier alpha value is -3.73.